The van der Waals surface area contributed by atoms with Crippen LogP contribution in [0.2, 0.25) is 5.15 Å². The van der Waals surface area contributed by atoms with E-state index in [0.717, 1.165) is 42.8 Å². The summed E-state index contributed by atoms with van der Waals surface area (Å²) in [6, 6.07) is 0. The van der Waals surface area contributed by atoms with Crippen LogP contribution in [0.4, 0.5) is 0 Å². The summed E-state index contributed by atoms with van der Waals surface area (Å²) in [5.41, 5.74) is 1.58. The van der Waals surface area contributed by atoms with Crippen molar-refractivity contribution in [1.82, 2.24) is 19.7 Å². The number of halogens is 1. The van der Waals surface area contributed by atoms with Crippen molar-refractivity contribution >= 4 is 22.8 Å². The van der Waals surface area contributed by atoms with E-state index < -0.39 is 0 Å². The molecule has 0 spiro atoms. The van der Waals surface area contributed by atoms with Crippen molar-refractivity contribution in [1.29, 1.82) is 0 Å². The van der Waals surface area contributed by atoms with Crippen LogP contribution in [0.25, 0.3) is 11.2 Å². The Bertz CT molecular complexity index is 574. The minimum atomic E-state index is 0.415. The van der Waals surface area contributed by atoms with Gasteiger partial charge in [0.25, 0.3) is 0 Å². The zero-order chi connectivity index (χ0) is 11.4. The molecule has 17 heavy (non-hydrogen) atoms. The maximum atomic E-state index is 5.86. The third kappa shape index (κ3) is 1.46. The smallest absolute Gasteiger partial charge is 0.178 e. The van der Waals surface area contributed by atoms with Crippen LogP contribution in [0.5, 0.6) is 0 Å². The molecule has 2 aliphatic rings. The van der Waals surface area contributed by atoms with E-state index >= 15 is 0 Å². The summed E-state index contributed by atoms with van der Waals surface area (Å²) in [6.45, 7) is 2.71. The monoisotopic (exact) mass is 250 g/mol. The Labute approximate surface area is 103 Å². The Morgan fingerprint density at radius 3 is 3.00 bits per heavy atom. The van der Waals surface area contributed by atoms with Crippen LogP contribution in [-0.2, 0) is 11.3 Å². The van der Waals surface area contributed by atoms with Gasteiger partial charge in [0.15, 0.2) is 5.65 Å². The molecule has 5 nitrogen and oxygen atoms in total. The number of fused-ring (bicyclic) bond motifs is 2. The minimum absolute atomic E-state index is 0.415. The van der Waals surface area contributed by atoms with Gasteiger partial charge >= 0.3 is 0 Å². The average molecular weight is 251 g/mol. The van der Waals surface area contributed by atoms with Gasteiger partial charge in [-0.15, -0.1) is 0 Å². The summed E-state index contributed by atoms with van der Waals surface area (Å²) in [7, 11) is 0. The van der Waals surface area contributed by atoms with Crippen LogP contribution in [0, 0.1) is 17.8 Å². The summed E-state index contributed by atoms with van der Waals surface area (Å²) in [5, 5.41) is 4.75. The van der Waals surface area contributed by atoms with Crippen LogP contribution < -0.4 is 0 Å². The molecule has 2 aromatic heterocycles. The zero-order valence-corrected chi connectivity index (χ0v) is 9.84. The molecule has 0 aromatic carbocycles. The van der Waals surface area contributed by atoms with Gasteiger partial charge in [0.2, 0.25) is 0 Å². The summed E-state index contributed by atoms with van der Waals surface area (Å²) in [5.74, 6) is 2.13. The quantitative estimate of drug-likeness (QED) is 0.808. The number of hydrogen-bond acceptors (Lipinski definition) is 4. The topological polar surface area (TPSA) is 52.8 Å². The molecule has 4 rings (SSSR count). The van der Waals surface area contributed by atoms with Gasteiger partial charge in [-0.3, -0.25) is 0 Å². The predicted molar refractivity (Wildman–Crippen MR) is 61.6 cm³/mol. The molecule has 0 bridgehead atoms. The Hall–Kier alpha value is -1.20. The van der Waals surface area contributed by atoms with Crippen molar-refractivity contribution < 1.29 is 4.74 Å². The number of nitrogens with zero attached hydrogens (tertiary/aromatic N) is 4. The lowest BCUT2D eigenvalue weighted by atomic mass is 10.3. The molecule has 0 N–H and O–H groups in total. The zero-order valence-electron chi connectivity index (χ0n) is 9.08. The molecule has 3 atom stereocenters. The second-order valence-corrected chi connectivity index (χ2v) is 5.14. The van der Waals surface area contributed by atoms with E-state index in [-0.39, 0.29) is 0 Å². The van der Waals surface area contributed by atoms with Crippen LogP contribution >= 0.6 is 11.6 Å². The van der Waals surface area contributed by atoms with Gasteiger partial charge in [-0.1, -0.05) is 11.6 Å². The number of aromatic nitrogens is 4. The third-order valence-electron chi connectivity index (χ3n) is 3.83. The van der Waals surface area contributed by atoms with Crippen molar-refractivity contribution in [2.75, 3.05) is 13.2 Å². The van der Waals surface area contributed by atoms with Crippen LogP contribution in [0.1, 0.15) is 0 Å². The summed E-state index contributed by atoms with van der Waals surface area (Å²) < 4.78 is 7.30. The fourth-order valence-electron chi connectivity index (χ4n) is 2.79. The summed E-state index contributed by atoms with van der Waals surface area (Å²) in [6.07, 6.45) is 3.29. The van der Waals surface area contributed by atoms with Gasteiger partial charge in [0, 0.05) is 6.54 Å². The normalized spacial score (nSPS) is 30.8. The molecule has 0 radical (unpaired) electrons. The molecule has 0 amide bonds. The van der Waals surface area contributed by atoms with Crippen LogP contribution in [-0.4, -0.2) is 33.0 Å². The molecule has 3 heterocycles. The second kappa shape index (κ2) is 3.40. The van der Waals surface area contributed by atoms with Gasteiger partial charge in [0.05, 0.1) is 25.6 Å². The molecule has 88 valence electrons. The highest BCUT2D eigenvalue weighted by Gasteiger charge is 2.53. The van der Waals surface area contributed by atoms with E-state index in [1.165, 1.54) is 0 Å². The first-order chi connectivity index (χ1) is 8.33. The Morgan fingerprint density at radius 1 is 1.35 bits per heavy atom. The molecule has 1 saturated heterocycles. The standard InChI is InChI=1S/C11H11ClN4O/c12-10-2-13-9-1-14-16(11(9)15-10)3-6-7-4-17-5-8(6)7/h1-2,6-8H,3-5H2/t6-,7-,8+. The lowest BCUT2D eigenvalue weighted by Gasteiger charge is -2.05. The molecule has 1 saturated carbocycles. The fourth-order valence-corrected chi connectivity index (χ4v) is 2.92. The second-order valence-electron chi connectivity index (χ2n) is 4.76. The average Bonchev–Trinajstić information content (AvgIpc) is 2.71. The van der Waals surface area contributed by atoms with Crippen molar-refractivity contribution in [2.24, 2.45) is 17.8 Å². The first kappa shape index (κ1) is 9.79. The number of rotatable bonds is 2. The maximum Gasteiger partial charge on any atom is 0.178 e. The van der Waals surface area contributed by atoms with Crippen LogP contribution in [0.15, 0.2) is 12.4 Å². The molecule has 2 aromatic rings. The van der Waals surface area contributed by atoms with E-state index in [0.29, 0.717) is 11.1 Å². The highest BCUT2D eigenvalue weighted by molar-refractivity contribution is 6.29. The number of ether oxygens (including phenoxy) is 1. The maximum absolute atomic E-state index is 5.86. The SMILES string of the molecule is Clc1cnc2cnn(C[C@H]3[C@@H]4COC[C@@H]43)c2n1. The van der Waals surface area contributed by atoms with Crippen molar-refractivity contribution in [3.8, 4) is 0 Å². The van der Waals surface area contributed by atoms with Gasteiger partial charge in [-0.2, -0.15) is 5.10 Å². The lowest BCUT2D eigenvalue weighted by Crippen LogP contribution is -2.08. The van der Waals surface area contributed by atoms with Crippen molar-refractivity contribution in [3.05, 3.63) is 17.5 Å². The third-order valence-corrected chi connectivity index (χ3v) is 4.01. The largest absolute Gasteiger partial charge is 0.381 e. The fraction of sp³-hybridized carbons (Fsp3) is 0.545. The Morgan fingerprint density at radius 2 is 2.18 bits per heavy atom. The first-order valence-corrected chi connectivity index (χ1v) is 6.12. The molecule has 2 fully saturated rings. The molecular formula is C11H11ClN4O. The number of hydrogen-bond donors (Lipinski definition) is 0. The first-order valence-electron chi connectivity index (χ1n) is 5.75. The van der Waals surface area contributed by atoms with Gasteiger partial charge < -0.3 is 4.74 Å². The van der Waals surface area contributed by atoms with E-state index in [2.05, 4.69) is 15.1 Å². The van der Waals surface area contributed by atoms with E-state index in [1.54, 1.807) is 12.4 Å². The molecule has 0 unspecified atom stereocenters. The predicted octanol–water partition coefficient (Wildman–Crippen LogP) is 1.37. The van der Waals surface area contributed by atoms with Crippen LogP contribution in [0.3, 0.4) is 0 Å². The summed E-state index contributed by atoms with van der Waals surface area (Å²) in [4.78, 5) is 8.48. The van der Waals surface area contributed by atoms with Crippen molar-refractivity contribution in [3.63, 3.8) is 0 Å². The molecule has 6 heteroatoms. The van der Waals surface area contributed by atoms with Gasteiger partial charge in [-0.25, -0.2) is 14.6 Å². The lowest BCUT2D eigenvalue weighted by molar-refractivity contribution is 0.147. The van der Waals surface area contributed by atoms with E-state index in [1.807, 2.05) is 4.68 Å². The molecule has 1 aliphatic heterocycles. The highest BCUT2D eigenvalue weighted by Crippen LogP contribution is 2.51. The highest BCUT2D eigenvalue weighted by atomic mass is 35.5. The Kier molecular flexibility index (Phi) is 1.96. The minimum Gasteiger partial charge on any atom is -0.381 e. The van der Waals surface area contributed by atoms with Crippen molar-refractivity contribution in [2.45, 2.75) is 6.54 Å². The Balaban J connectivity index is 1.65. The molecule has 1 aliphatic carbocycles. The van der Waals surface area contributed by atoms with Gasteiger partial charge in [0.1, 0.15) is 10.7 Å². The van der Waals surface area contributed by atoms with Gasteiger partial charge in [-0.05, 0) is 17.8 Å². The molecular weight excluding hydrogens is 240 g/mol. The van der Waals surface area contributed by atoms with E-state index in [9.17, 15) is 0 Å². The van der Waals surface area contributed by atoms with E-state index in [4.69, 9.17) is 16.3 Å². The summed E-state index contributed by atoms with van der Waals surface area (Å²) >= 11 is 5.86.